The molecule has 1 aromatic rings. The van der Waals surface area contributed by atoms with Crippen molar-refractivity contribution in [3.63, 3.8) is 0 Å². The van der Waals surface area contributed by atoms with E-state index < -0.39 is 0 Å². The van der Waals surface area contributed by atoms with Crippen LogP contribution in [0.5, 0.6) is 0 Å². The molecule has 0 aliphatic rings. The quantitative estimate of drug-likeness (QED) is 0.687. The number of halogens is 1. The molecule has 0 atom stereocenters. The molecule has 0 bridgehead atoms. The lowest BCUT2D eigenvalue weighted by atomic mass is 10.3. The fourth-order valence-corrected chi connectivity index (χ4v) is 1.92. The van der Waals surface area contributed by atoms with Gasteiger partial charge in [0.2, 0.25) is 0 Å². The molecule has 1 heterocycles. The molecule has 0 aliphatic heterocycles. The third kappa shape index (κ3) is 4.14. The van der Waals surface area contributed by atoms with E-state index in [1.165, 1.54) is 0 Å². The minimum absolute atomic E-state index is 0.432. The molecule has 0 radical (unpaired) electrons. The Kier molecular flexibility index (Phi) is 5.85. The first kappa shape index (κ1) is 13.5. The van der Waals surface area contributed by atoms with Crippen molar-refractivity contribution in [2.75, 3.05) is 19.0 Å². The largest absolute Gasteiger partial charge is 0.296 e. The molecule has 0 spiro atoms. The second-order valence-electron chi connectivity index (χ2n) is 4.35. The van der Waals surface area contributed by atoms with E-state index in [9.17, 15) is 0 Å². The molecule has 0 N–H and O–H groups in total. The van der Waals surface area contributed by atoms with Crippen molar-refractivity contribution in [2.45, 2.75) is 39.8 Å². The maximum atomic E-state index is 5.79. The second kappa shape index (κ2) is 6.92. The highest BCUT2D eigenvalue weighted by Crippen LogP contribution is 2.07. The van der Waals surface area contributed by atoms with Crippen LogP contribution in [0.2, 0.25) is 0 Å². The highest BCUT2D eigenvalue weighted by atomic mass is 35.5. The van der Waals surface area contributed by atoms with Crippen LogP contribution >= 0.6 is 11.6 Å². The first-order valence-corrected chi connectivity index (χ1v) is 6.53. The Morgan fingerprint density at radius 1 is 1.44 bits per heavy atom. The topological polar surface area (TPSA) is 21.1 Å². The van der Waals surface area contributed by atoms with Gasteiger partial charge in [-0.05, 0) is 32.9 Å². The summed E-state index contributed by atoms with van der Waals surface area (Å²) in [5.41, 5.74) is 1.13. The Morgan fingerprint density at radius 2 is 2.19 bits per heavy atom. The summed E-state index contributed by atoms with van der Waals surface area (Å²) < 4.78 is 2.00. The number of rotatable bonds is 7. The summed E-state index contributed by atoms with van der Waals surface area (Å²) in [6.45, 7) is 9.39. The van der Waals surface area contributed by atoms with Crippen molar-refractivity contribution in [1.29, 1.82) is 0 Å². The van der Waals surface area contributed by atoms with Gasteiger partial charge in [0.1, 0.15) is 0 Å². The number of aromatic nitrogens is 2. The normalized spacial score (nSPS) is 11.6. The summed E-state index contributed by atoms with van der Waals surface area (Å²) >= 11 is 5.79. The van der Waals surface area contributed by atoms with Gasteiger partial charge in [-0.1, -0.05) is 6.92 Å². The molecule has 4 heteroatoms. The monoisotopic (exact) mass is 243 g/mol. The lowest BCUT2D eigenvalue weighted by molar-refractivity contribution is 0.277. The predicted octanol–water partition coefficient (Wildman–Crippen LogP) is 2.91. The van der Waals surface area contributed by atoms with Crippen LogP contribution in [0.25, 0.3) is 0 Å². The SMILES string of the molecule is CCCN(CCCl)Cc1ccn(C(C)C)n1. The minimum atomic E-state index is 0.432. The standard InChI is InChI=1S/C12H22ClN3/c1-4-7-15(9-6-13)10-12-5-8-16(14-12)11(2)3/h5,8,11H,4,6-7,9-10H2,1-3H3. The molecule has 0 aromatic carbocycles. The Morgan fingerprint density at radius 3 is 2.69 bits per heavy atom. The van der Waals surface area contributed by atoms with E-state index >= 15 is 0 Å². The number of hydrogen-bond acceptors (Lipinski definition) is 2. The molecule has 92 valence electrons. The summed E-state index contributed by atoms with van der Waals surface area (Å²) in [6, 6.07) is 2.53. The van der Waals surface area contributed by atoms with Crippen molar-refractivity contribution >= 4 is 11.6 Å². The summed E-state index contributed by atoms with van der Waals surface area (Å²) in [6.07, 6.45) is 3.20. The molecule has 16 heavy (non-hydrogen) atoms. The molecule has 0 fully saturated rings. The van der Waals surface area contributed by atoms with Crippen molar-refractivity contribution in [1.82, 2.24) is 14.7 Å². The molecule has 1 aromatic heterocycles. The van der Waals surface area contributed by atoms with Crippen LogP contribution in [-0.4, -0.2) is 33.6 Å². The highest BCUT2D eigenvalue weighted by molar-refractivity contribution is 6.18. The second-order valence-corrected chi connectivity index (χ2v) is 4.72. The van der Waals surface area contributed by atoms with Gasteiger partial charge in [0.25, 0.3) is 0 Å². The third-order valence-corrected chi connectivity index (χ3v) is 2.69. The Balaban J connectivity index is 2.55. The first-order chi connectivity index (χ1) is 7.67. The smallest absolute Gasteiger partial charge is 0.0764 e. The molecular weight excluding hydrogens is 222 g/mol. The van der Waals surface area contributed by atoms with Crippen molar-refractivity contribution < 1.29 is 0 Å². The van der Waals surface area contributed by atoms with Crippen LogP contribution in [0.15, 0.2) is 12.3 Å². The molecule has 0 saturated carbocycles. The van der Waals surface area contributed by atoms with E-state index in [1.807, 2.05) is 10.9 Å². The fraction of sp³-hybridized carbons (Fsp3) is 0.750. The van der Waals surface area contributed by atoms with Crippen molar-refractivity contribution in [3.05, 3.63) is 18.0 Å². The summed E-state index contributed by atoms with van der Waals surface area (Å²) in [7, 11) is 0. The average Bonchev–Trinajstić information content (AvgIpc) is 2.67. The molecule has 0 amide bonds. The Bertz CT molecular complexity index is 290. The molecule has 0 unspecified atom stereocenters. The van der Waals surface area contributed by atoms with Crippen LogP contribution in [0.1, 0.15) is 38.9 Å². The first-order valence-electron chi connectivity index (χ1n) is 5.99. The number of nitrogens with zero attached hydrogens (tertiary/aromatic N) is 3. The van der Waals surface area contributed by atoms with Gasteiger partial charge in [-0.25, -0.2) is 0 Å². The van der Waals surface area contributed by atoms with Crippen LogP contribution in [0.4, 0.5) is 0 Å². The van der Waals surface area contributed by atoms with Gasteiger partial charge in [-0.15, -0.1) is 11.6 Å². The maximum absolute atomic E-state index is 5.79. The zero-order valence-corrected chi connectivity index (χ0v) is 11.2. The van der Waals surface area contributed by atoms with Crippen LogP contribution in [0.3, 0.4) is 0 Å². The molecule has 0 saturated heterocycles. The zero-order valence-electron chi connectivity index (χ0n) is 10.5. The molecule has 1 rings (SSSR count). The van der Waals surface area contributed by atoms with Gasteiger partial charge < -0.3 is 0 Å². The summed E-state index contributed by atoms with van der Waals surface area (Å²) in [4.78, 5) is 2.35. The number of alkyl halides is 1. The molecule has 3 nitrogen and oxygen atoms in total. The summed E-state index contributed by atoms with van der Waals surface area (Å²) in [5, 5.41) is 4.55. The Hall–Kier alpha value is -0.540. The van der Waals surface area contributed by atoms with E-state index in [4.69, 9.17) is 11.6 Å². The molecular formula is C12H22ClN3. The van der Waals surface area contributed by atoms with Gasteiger partial charge >= 0.3 is 0 Å². The van der Waals surface area contributed by atoms with Gasteiger partial charge in [-0.3, -0.25) is 9.58 Å². The van der Waals surface area contributed by atoms with E-state index in [0.717, 1.165) is 31.7 Å². The molecule has 0 aliphatic carbocycles. The number of hydrogen-bond donors (Lipinski definition) is 0. The van der Waals surface area contributed by atoms with E-state index in [1.54, 1.807) is 0 Å². The predicted molar refractivity (Wildman–Crippen MR) is 68.9 cm³/mol. The van der Waals surface area contributed by atoms with Gasteiger partial charge in [0, 0.05) is 31.2 Å². The van der Waals surface area contributed by atoms with E-state index in [-0.39, 0.29) is 0 Å². The van der Waals surface area contributed by atoms with Crippen LogP contribution < -0.4 is 0 Å². The van der Waals surface area contributed by atoms with Crippen molar-refractivity contribution in [3.8, 4) is 0 Å². The highest BCUT2D eigenvalue weighted by Gasteiger charge is 2.07. The summed E-state index contributed by atoms with van der Waals surface area (Å²) in [5.74, 6) is 0.685. The van der Waals surface area contributed by atoms with Gasteiger partial charge in [0.05, 0.1) is 5.69 Å². The fourth-order valence-electron chi connectivity index (χ4n) is 1.68. The van der Waals surface area contributed by atoms with Gasteiger partial charge in [-0.2, -0.15) is 5.10 Å². The lowest BCUT2D eigenvalue weighted by Crippen LogP contribution is -2.26. The average molecular weight is 244 g/mol. The Labute approximate surface area is 103 Å². The maximum Gasteiger partial charge on any atom is 0.0764 e. The zero-order chi connectivity index (χ0) is 12.0. The van der Waals surface area contributed by atoms with Crippen molar-refractivity contribution in [2.24, 2.45) is 0 Å². The lowest BCUT2D eigenvalue weighted by Gasteiger charge is -2.18. The van der Waals surface area contributed by atoms with E-state index in [0.29, 0.717) is 11.9 Å². The van der Waals surface area contributed by atoms with Gasteiger partial charge in [0.15, 0.2) is 0 Å². The van der Waals surface area contributed by atoms with Crippen LogP contribution in [-0.2, 0) is 6.54 Å². The third-order valence-electron chi connectivity index (χ3n) is 2.52. The van der Waals surface area contributed by atoms with E-state index in [2.05, 4.69) is 36.8 Å². The minimum Gasteiger partial charge on any atom is -0.296 e. The van der Waals surface area contributed by atoms with Crippen LogP contribution in [0, 0.1) is 0 Å².